The molecule has 0 aliphatic carbocycles. The van der Waals surface area contributed by atoms with Gasteiger partial charge in [-0.25, -0.2) is 0 Å². The number of amides is 1. The summed E-state index contributed by atoms with van der Waals surface area (Å²) in [5.74, 6) is 0.0438. The predicted molar refractivity (Wildman–Crippen MR) is 77.7 cm³/mol. The first-order valence-corrected chi connectivity index (χ1v) is 7.54. The minimum absolute atomic E-state index is 0.0438. The molecule has 4 heteroatoms. The molecule has 0 unspecified atom stereocenters. The second-order valence-corrected chi connectivity index (χ2v) is 5.43. The van der Waals surface area contributed by atoms with Gasteiger partial charge in [-0.05, 0) is 12.5 Å². The lowest BCUT2D eigenvalue weighted by atomic mass is 10.1. The molecule has 0 saturated heterocycles. The summed E-state index contributed by atoms with van der Waals surface area (Å²) in [6, 6.07) is 8.01. The third kappa shape index (κ3) is 2.55. The lowest BCUT2D eigenvalue weighted by Gasteiger charge is -2.02. The number of carbonyl (C=O) groups excluding carboxylic acids is 1. The molecule has 1 aromatic heterocycles. The van der Waals surface area contributed by atoms with Crippen LogP contribution in [0, 0.1) is 0 Å². The molecule has 0 aliphatic heterocycles. The molecule has 0 bridgehead atoms. The van der Waals surface area contributed by atoms with Crippen LogP contribution in [0.5, 0.6) is 0 Å². The van der Waals surface area contributed by atoms with Gasteiger partial charge in [0.1, 0.15) is 0 Å². The molecule has 2 rings (SSSR count). The second kappa shape index (κ2) is 5.63. The molecule has 2 aromatic rings. The Bertz CT molecular complexity index is 494. The van der Waals surface area contributed by atoms with Crippen LogP contribution in [-0.2, 0) is 0 Å². The van der Waals surface area contributed by atoms with Gasteiger partial charge in [0, 0.05) is 26.4 Å². The highest BCUT2D eigenvalue weighted by atomic mass is 127. The van der Waals surface area contributed by atoms with E-state index < -0.39 is 0 Å². The zero-order valence-corrected chi connectivity index (χ0v) is 11.7. The highest BCUT2D eigenvalue weighted by Crippen LogP contribution is 2.25. The van der Waals surface area contributed by atoms with Crippen molar-refractivity contribution in [1.82, 2.24) is 5.32 Å². The number of alkyl halides is 1. The first-order valence-electron chi connectivity index (χ1n) is 5.13. The first-order chi connectivity index (χ1) is 7.83. The topological polar surface area (TPSA) is 29.1 Å². The van der Waals surface area contributed by atoms with E-state index in [2.05, 4.69) is 27.9 Å². The number of thiophene rings is 1. The molecule has 2 nitrogen and oxygen atoms in total. The van der Waals surface area contributed by atoms with Crippen molar-refractivity contribution in [2.24, 2.45) is 0 Å². The quantitative estimate of drug-likeness (QED) is 0.513. The SMILES string of the molecule is O=C(NCCCI)c1csc2ccccc12. The summed E-state index contributed by atoms with van der Waals surface area (Å²) < 4.78 is 2.24. The Morgan fingerprint density at radius 2 is 2.19 bits per heavy atom. The number of fused-ring (bicyclic) bond motifs is 1. The Morgan fingerprint density at radius 1 is 1.38 bits per heavy atom. The number of halogens is 1. The molecule has 16 heavy (non-hydrogen) atoms. The minimum atomic E-state index is 0.0438. The van der Waals surface area contributed by atoms with Crippen molar-refractivity contribution < 1.29 is 4.79 Å². The fraction of sp³-hybridized carbons (Fsp3) is 0.250. The summed E-state index contributed by atoms with van der Waals surface area (Å²) in [6.45, 7) is 0.756. The van der Waals surface area contributed by atoms with Gasteiger partial charge in [-0.3, -0.25) is 4.79 Å². The Kier molecular flexibility index (Phi) is 4.17. The maximum absolute atomic E-state index is 11.9. The van der Waals surface area contributed by atoms with Crippen LogP contribution in [0.2, 0.25) is 0 Å². The molecule has 0 atom stereocenters. The Labute approximate surface area is 112 Å². The standard InChI is InChI=1S/C12H12INOS/c13-6-3-7-14-12(15)10-8-16-11-5-2-1-4-9(10)11/h1-2,4-5,8H,3,6-7H2,(H,14,15). The Morgan fingerprint density at radius 3 is 3.00 bits per heavy atom. The van der Waals surface area contributed by atoms with Gasteiger partial charge in [0.25, 0.3) is 5.91 Å². The van der Waals surface area contributed by atoms with E-state index in [0.29, 0.717) is 0 Å². The highest BCUT2D eigenvalue weighted by Gasteiger charge is 2.10. The second-order valence-electron chi connectivity index (χ2n) is 3.44. The summed E-state index contributed by atoms with van der Waals surface area (Å²) in [7, 11) is 0. The summed E-state index contributed by atoms with van der Waals surface area (Å²) in [6.07, 6.45) is 1.02. The minimum Gasteiger partial charge on any atom is -0.352 e. The maximum Gasteiger partial charge on any atom is 0.252 e. The number of carbonyl (C=O) groups is 1. The van der Waals surface area contributed by atoms with Gasteiger partial charge in [-0.1, -0.05) is 40.8 Å². The molecule has 0 radical (unpaired) electrons. The van der Waals surface area contributed by atoms with Crippen molar-refractivity contribution in [3.63, 3.8) is 0 Å². The normalized spacial score (nSPS) is 10.6. The number of benzene rings is 1. The van der Waals surface area contributed by atoms with E-state index in [1.165, 1.54) is 4.70 Å². The van der Waals surface area contributed by atoms with Gasteiger partial charge in [-0.2, -0.15) is 0 Å². The summed E-state index contributed by atoms with van der Waals surface area (Å²) >= 11 is 3.93. The summed E-state index contributed by atoms with van der Waals surface area (Å²) in [5, 5.41) is 5.93. The zero-order valence-electron chi connectivity index (χ0n) is 8.70. The molecule has 1 amide bonds. The van der Waals surface area contributed by atoms with Gasteiger partial charge >= 0.3 is 0 Å². The third-order valence-electron chi connectivity index (χ3n) is 2.32. The van der Waals surface area contributed by atoms with E-state index in [1.54, 1.807) is 11.3 Å². The van der Waals surface area contributed by atoms with E-state index in [0.717, 1.165) is 28.3 Å². The number of hydrogen-bond donors (Lipinski definition) is 1. The number of rotatable bonds is 4. The van der Waals surface area contributed by atoms with E-state index in [1.807, 2.05) is 29.6 Å². The lowest BCUT2D eigenvalue weighted by Crippen LogP contribution is -2.24. The molecule has 0 aliphatic rings. The molecule has 1 aromatic carbocycles. The molecule has 0 fully saturated rings. The van der Waals surface area contributed by atoms with Gasteiger partial charge in [0.05, 0.1) is 5.56 Å². The number of nitrogens with one attached hydrogen (secondary N) is 1. The van der Waals surface area contributed by atoms with Crippen molar-refractivity contribution in [2.75, 3.05) is 11.0 Å². The van der Waals surface area contributed by atoms with Crippen molar-refractivity contribution in [3.8, 4) is 0 Å². The van der Waals surface area contributed by atoms with Crippen LogP contribution < -0.4 is 5.32 Å². The van der Waals surface area contributed by atoms with Gasteiger partial charge < -0.3 is 5.32 Å². The van der Waals surface area contributed by atoms with Gasteiger partial charge in [0.2, 0.25) is 0 Å². The third-order valence-corrected chi connectivity index (χ3v) is 4.05. The van der Waals surface area contributed by atoms with E-state index in [-0.39, 0.29) is 5.91 Å². The first kappa shape index (κ1) is 11.9. The maximum atomic E-state index is 11.9. The average molecular weight is 345 g/mol. The molecule has 0 spiro atoms. The van der Waals surface area contributed by atoms with Crippen LogP contribution in [0.3, 0.4) is 0 Å². The van der Waals surface area contributed by atoms with E-state index in [9.17, 15) is 4.79 Å². The monoisotopic (exact) mass is 345 g/mol. The highest BCUT2D eigenvalue weighted by molar-refractivity contribution is 14.1. The fourth-order valence-electron chi connectivity index (χ4n) is 1.52. The molecule has 84 valence electrons. The van der Waals surface area contributed by atoms with Crippen molar-refractivity contribution in [3.05, 3.63) is 35.2 Å². The molecular formula is C12H12INOS. The fourth-order valence-corrected chi connectivity index (χ4v) is 2.84. The Balaban J connectivity index is 2.17. The van der Waals surface area contributed by atoms with Crippen LogP contribution >= 0.6 is 33.9 Å². The van der Waals surface area contributed by atoms with Crippen LogP contribution in [0.1, 0.15) is 16.8 Å². The smallest absolute Gasteiger partial charge is 0.252 e. The Hall–Kier alpha value is -0.620. The summed E-state index contributed by atoms with van der Waals surface area (Å²) in [5.41, 5.74) is 0.800. The van der Waals surface area contributed by atoms with Crippen LogP contribution in [0.15, 0.2) is 29.6 Å². The van der Waals surface area contributed by atoms with Crippen LogP contribution in [0.25, 0.3) is 10.1 Å². The van der Waals surface area contributed by atoms with Crippen molar-refractivity contribution in [2.45, 2.75) is 6.42 Å². The molecular weight excluding hydrogens is 333 g/mol. The molecule has 0 saturated carbocycles. The average Bonchev–Trinajstić information content (AvgIpc) is 2.73. The number of hydrogen-bond acceptors (Lipinski definition) is 2. The summed E-state index contributed by atoms with van der Waals surface area (Å²) in [4.78, 5) is 11.9. The van der Waals surface area contributed by atoms with Gasteiger partial charge in [-0.15, -0.1) is 11.3 Å². The zero-order chi connectivity index (χ0) is 11.4. The molecule has 1 N–H and O–H groups in total. The van der Waals surface area contributed by atoms with Crippen LogP contribution in [-0.4, -0.2) is 16.9 Å². The van der Waals surface area contributed by atoms with E-state index in [4.69, 9.17) is 0 Å². The lowest BCUT2D eigenvalue weighted by molar-refractivity contribution is 0.0956. The van der Waals surface area contributed by atoms with Gasteiger partial charge in [0.15, 0.2) is 0 Å². The van der Waals surface area contributed by atoms with Crippen LogP contribution in [0.4, 0.5) is 0 Å². The largest absolute Gasteiger partial charge is 0.352 e. The molecule has 1 heterocycles. The van der Waals surface area contributed by atoms with Crippen molar-refractivity contribution >= 4 is 49.9 Å². The van der Waals surface area contributed by atoms with Crippen molar-refractivity contribution in [1.29, 1.82) is 0 Å². The van der Waals surface area contributed by atoms with E-state index >= 15 is 0 Å². The predicted octanol–water partition coefficient (Wildman–Crippen LogP) is 3.46.